The number of hydrogen-bond donors (Lipinski definition) is 0. The molecule has 3 heteroatoms. The molecule has 2 aromatic rings. The Morgan fingerprint density at radius 2 is 1.52 bits per heavy atom. The number of aldehydes is 1. The van der Waals surface area contributed by atoms with Crippen LogP contribution in [0.2, 0.25) is 0 Å². The highest BCUT2D eigenvalue weighted by atomic mass is 16.5. The maximum atomic E-state index is 11.8. The van der Waals surface area contributed by atoms with E-state index < -0.39 is 5.41 Å². The van der Waals surface area contributed by atoms with Crippen LogP contribution in [-0.4, -0.2) is 20.5 Å². The number of methoxy groups -OCH3 is 2. The lowest BCUT2D eigenvalue weighted by molar-refractivity contribution is -0.112. The monoisotopic (exact) mass is 284 g/mol. The van der Waals surface area contributed by atoms with Crippen molar-refractivity contribution < 1.29 is 14.3 Å². The molecular formula is C18H20O3. The van der Waals surface area contributed by atoms with Gasteiger partial charge in [0.2, 0.25) is 0 Å². The molecule has 3 nitrogen and oxygen atoms in total. The van der Waals surface area contributed by atoms with Gasteiger partial charge in [-0.15, -0.1) is 0 Å². The Labute approximate surface area is 125 Å². The van der Waals surface area contributed by atoms with E-state index in [9.17, 15) is 4.79 Å². The molecule has 0 bridgehead atoms. The molecule has 2 aromatic carbocycles. The minimum Gasteiger partial charge on any atom is -0.496 e. The number of para-hydroxylation sites is 2. The van der Waals surface area contributed by atoms with Gasteiger partial charge in [-0.3, -0.25) is 0 Å². The molecule has 1 atom stereocenters. The average Bonchev–Trinajstić information content (AvgIpc) is 2.55. The molecule has 0 fully saturated rings. The molecule has 21 heavy (non-hydrogen) atoms. The van der Waals surface area contributed by atoms with Gasteiger partial charge in [0.25, 0.3) is 0 Å². The summed E-state index contributed by atoms with van der Waals surface area (Å²) in [6.07, 6.45) is 1.54. The lowest BCUT2D eigenvalue weighted by Crippen LogP contribution is -2.27. The van der Waals surface area contributed by atoms with E-state index in [1.165, 1.54) is 0 Å². The van der Waals surface area contributed by atoms with Crippen LogP contribution in [0, 0.1) is 0 Å². The Balaban J connectivity index is 2.44. The molecule has 0 aliphatic carbocycles. The summed E-state index contributed by atoms with van der Waals surface area (Å²) < 4.78 is 10.8. The van der Waals surface area contributed by atoms with E-state index >= 15 is 0 Å². The molecule has 110 valence electrons. The van der Waals surface area contributed by atoms with Crippen LogP contribution in [0.3, 0.4) is 0 Å². The molecule has 0 radical (unpaired) electrons. The van der Waals surface area contributed by atoms with Crippen LogP contribution in [0.15, 0.2) is 48.5 Å². The average molecular weight is 284 g/mol. The fourth-order valence-corrected chi connectivity index (χ4v) is 2.56. The van der Waals surface area contributed by atoms with E-state index in [4.69, 9.17) is 9.47 Å². The quantitative estimate of drug-likeness (QED) is 0.763. The first-order valence-electron chi connectivity index (χ1n) is 6.86. The highest BCUT2D eigenvalue weighted by Gasteiger charge is 2.30. The molecule has 0 spiro atoms. The molecule has 0 aromatic heterocycles. The summed E-state index contributed by atoms with van der Waals surface area (Å²) in [7, 11) is 3.26. The maximum absolute atomic E-state index is 11.8. The zero-order chi connectivity index (χ0) is 15.3. The summed E-state index contributed by atoms with van der Waals surface area (Å²) in [5, 5.41) is 0. The third-order valence-electron chi connectivity index (χ3n) is 3.73. The number of carbonyl (C=O) groups is 1. The third kappa shape index (κ3) is 3.07. The minimum atomic E-state index is -0.665. The van der Waals surface area contributed by atoms with Crippen LogP contribution in [0.4, 0.5) is 0 Å². The molecule has 0 heterocycles. The topological polar surface area (TPSA) is 35.5 Å². The van der Waals surface area contributed by atoms with Crippen molar-refractivity contribution in [1.29, 1.82) is 0 Å². The van der Waals surface area contributed by atoms with Crippen molar-refractivity contribution in [1.82, 2.24) is 0 Å². The Kier molecular flexibility index (Phi) is 4.63. The van der Waals surface area contributed by atoms with Gasteiger partial charge in [0, 0.05) is 5.56 Å². The van der Waals surface area contributed by atoms with Crippen LogP contribution in [0.5, 0.6) is 11.5 Å². The van der Waals surface area contributed by atoms with Crippen molar-refractivity contribution in [3.05, 3.63) is 59.7 Å². The van der Waals surface area contributed by atoms with Crippen molar-refractivity contribution in [3.8, 4) is 11.5 Å². The van der Waals surface area contributed by atoms with Crippen LogP contribution in [0.1, 0.15) is 18.1 Å². The lowest BCUT2D eigenvalue weighted by atomic mass is 9.78. The van der Waals surface area contributed by atoms with Gasteiger partial charge in [0.1, 0.15) is 17.8 Å². The zero-order valence-electron chi connectivity index (χ0n) is 12.6. The summed E-state index contributed by atoms with van der Waals surface area (Å²) in [5.41, 5.74) is 1.22. The van der Waals surface area contributed by atoms with E-state index in [0.29, 0.717) is 6.42 Å². The highest BCUT2D eigenvalue weighted by Crippen LogP contribution is 2.35. The fourth-order valence-electron chi connectivity index (χ4n) is 2.56. The van der Waals surface area contributed by atoms with Gasteiger partial charge in [0.05, 0.1) is 19.6 Å². The van der Waals surface area contributed by atoms with Gasteiger partial charge in [-0.2, -0.15) is 0 Å². The first kappa shape index (κ1) is 15.1. The summed E-state index contributed by atoms with van der Waals surface area (Å²) in [4.78, 5) is 11.8. The normalized spacial score (nSPS) is 13.3. The van der Waals surface area contributed by atoms with E-state index in [1.54, 1.807) is 14.2 Å². The van der Waals surface area contributed by atoms with Gasteiger partial charge >= 0.3 is 0 Å². The molecular weight excluding hydrogens is 264 g/mol. The third-order valence-corrected chi connectivity index (χ3v) is 3.73. The number of carbonyl (C=O) groups excluding carboxylic acids is 1. The zero-order valence-corrected chi connectivity index (χ0v) is 12.6. The highest BCUT2D eigenvalue weighted by molar-refractivity contribution is 5.71. The number of rotatable bonds is 6. The SMILES string of the molecule is COc1ccccc1CC(C)(C=O)c1ccccc1OC. The summed E-state index contributed by atoms with van der Waals surface area (Å²) in [5.74, 6) is 1.52. The van der Waals surface area contributed by atoms with E-state index in [0.717, 1.165) is 28.9 Å². The molecule has 1 unspecified atom stereocenters. The van der Waals surface area contributed by atoms with Gasteiger partial charge in [-0.25, -0.2) is 0 Å². The molecule has 0 amide bonds. The lowest BCUT2D eigenvalue weighted by Gasteiger charge is -2.26. The largest absolute Gasteiger partial charge is 0.496 e. The Bertz CT molecular complexity index is 621. The van der Waals surface area contributed by atoms with Crippen LogP contribution < -0.4 is 9.47 Å². The van der Waals surface area contributed by atoms with Crippen LogP contribution in [0.25, 0.3) is 0 Å². The van der Waals surface area contributed by atoms with Gasteiger partial charge in [-0.05, 0) is 31.0 Å². The molecule has 2 rings (SSSR count). The van der Waals surface area contributed by atoms with E-state index in [-0.39, 0.29) is 0 Å². The second-order valence-electron chi connectivity index (χ2n) is 5.22. The minimum absolute atomic E-state index is 0.556. The van der Waals surface area contributed by atoms with Crippen molar-refractivity contribution in [2.24, 2.45) is 0 Å². The molecule has 0 saturated heterocycles. The Morgan fingerprint density at radius 1 is 0.952 bits per heavy atom. The fraction of sp³-hybridized carbons (Fsp3) is 0.278. The Hall–Kier alpha value is -2.29. The smallest absolute Gasteiger partial charge is 0.130 e. The first-order chi connectivity index (χ1) is 10.1. The van der Waals surface area contributed by atoms with Gasteiger partial charge in [-0.1, -0.05) is 36.4 Å². The summed E-state index contributed by atoms with van der Waals surface area (Å²) >= 11 is 0. The predicted molar refractivity (Wildman–Crippen MR) is 83.1 cm³/mol. The molecule has 0 N–H and O–H groups in total. The van der Waals surface area contributed by atoms with Crippen molar-refractivity contribution in [2.75, 3.05) is 14.2 Å². The first-order valence-corrected chi connectivity index (χ1v) is 6.86. The van der Waals surface area contributed by atoms with Gasteiger partial charge in [0.15, 0.2) is 0 Å². The summed E-state index contributed by atoms with van der Waals surface area (Å²) in [6.45, 7) is 1.92. The van der Waals surface area contributed by atoms with Crippen LogP contribution in [-0.2, 0) is 16.6 Å². The number of ether oxygens (including phenoxy) is 2. The number of benzene rings is 2. The maximum Gasteiger partial charge on any atom is 0.130 e. The molecule has 0 aliphatic rings. The Morgan fingerprint density at radius 3 is 2.14 bits per heavy atom. The van der Waals surface area contributed by atoms with Crippen molar-refractivity contribution in [3.63, 3.8) is 0 Å². The second-order valence-corrected chi connectivity index (χ2v) is 5.22. The van der Waals surface area contributed by atoms with Crippen LogP contribution >= 0.6 is 0 Å². The van der Waals surface area contributed by atoms with Crippen molar-refractivity contribution >= 4 is 6.29 Å². The molecule has 0 saturated carbocycles. The van der Waals surface area contributed by atoms with Crippen molar-refractivity contribution in [2.45, 2.75) is 18.8 Å². The van der Waals surface area contributed by atoms with E-state index in [2.05, 4.69) is 0 Å². The molecule has 0 aliphatic heterocycles. The summed E-state index contributed by atoms with van der Waals surface area (Å²) in [6, 6.07) is 15.4. The number of hydrogen-bond acceptors (Lipinski definition) is 3. The van der Waals surface area contributed by atoms with E-state index in [1.807, 2.05) is 55.5 Å². The standard InChI is InChI=1S/C18H20O3/c1-18(13-19,15-9-5-7-11-17(15)21-3)12-14-8-4-6-10-16(14)20-2/h4-11,13H,12H2,1-3H3. The second kappa shape index (κ2) is 6.44. The van der Waals surface area contributed by atoms with Gasteiger partial charge < -0.3 is 14.3 Å². The predicted octanol–water partition coefficient (Wildman–Crippen LogP) is 3.40.